The molecule has 0 aliphatic rings. The second-order valence-corrected chi connectivity index (χ2v) is 3.41. The zero-order valence-corrected chi connectivity index (χ0v) is 10.1. The van der Waals surface area contributed by atoms with Crippen LogP contribution in [0.1, 0.15) is 24.2 Å². The van der Waals surface area contributed by atoms with E-state index in [9.17, 15) is 9.59 Å². The van der Waals surface area contributed by atoms with Gasteiger partial charge in [0.15, 0.2) is 0 Å². The van der Waals surface area contributed by atoms with Gasteiger partial charge in [-0.2, -0.15) is 5.10 Å². The Balaban J connectivity index is 2.65. The minimum absolute atomic E-state index is 0.187. The smallest absolute Gasteiger partial charge is 0.354 e. The molecule has 6 heteroatoms. The van der Waals surface area contributed by atoms with E-state index in [-0.39, 0.29) is 11.3 Å². The van der Waals surface area contributed by atoms with Crippen molar-refractivity contribution in [1.82, 2.24) is 0 Å². The van der Waals surface area contributed by atoms with Crippen molar-refractivity contribution in [2.75, 3.05) is 12.0 Å². The van der Waals surface area contributed by atoms with E-state index >= 15 is 0 Å². The van der Waals surface area contributed by atoms with Crippen molar-refractivity contribution >= 4 is 23.3 Å². The van der Waals surface area contributed by atoms with Crippen LogP contribution in [0, 0.1) is 0 Å². The van der Waals surface area contributed by atoms with Crippen molar-refractivity contribution in [3.8, 4) is 0 Å². The summed E-state index contributed by atoms with van der Waals surface area (Å²) in [4.78, 5) is 21.9. The molecule has 0 bridgehead atoms. The number of carboxylic acids is 1. The maximum Gasteiger partial charge on any atom is 0.354 e. The highest BCUT2D eigenvalue weighted by atomic mass is 16.5. The molecule has 96 valence electrons. The number of hydrazone groups is 1. The minimum atomic E-state index is -0.993. The van der Waals surface area contributed by atoms with Gasteiger partial charge in [-0.25, -0.2) is 9.59 Å². The Labute approximate surface area is 104 Å². The van der Waals surface area contributed by atoms with Crippen LogP contribution in [-0.2, 0) is 9.53 Å². The quantitative estimate of drug-likeness (QED) is 0.472. The van der Waals surface area contributed by atoms with Gasteiger partial charge in [0.2, 0.25) is 0 Å². The zero-order valence-electron chi connectivity index (χ0n) is 10.1. The third kappa shape index (κ3) is 3.89. The Bertz CT molecular complexity index is 465. The molecule has 0 amide bonds. The Kier molecular flexibility index (Phi) is 4.86. The van der Waals surface area contributed by atoms with Gasteiger partial charge in [-0.15, -0.1) is 0 Å². The number of anilines is 1. The number of benzene rings is 1. The fourth-order valence-corrected chi connectivity index (χ4v) is 1.12. The number of rotatable bonds is 5. The van der Waals surface area contributed by atoms with E-state index in [2.05, 4.69) is 10.5 Å². The Morgan fingerprint density at radius 1 is 1.33 bits per heavy atom. The van der Waals surface area contributed by atoms with Gasteiger partial charge in [-0.05, 0) is 38.1 Å². The molecule has 0 unspecified atom stereocenters. The van der Waals surface area contributed by atoms with E-state index in [1.54, 1.807) is 19.1 Å². The third-order valence-corrected chi connectivity index (χ3v) is 2.06. The maximum atomic E-state index is 11.2. The summed E-state index contributed by atoms with van der Waals surface area (Å²) >= 11 is 0. The van der Waals surface area contributed by atoms with Crippen molar-refractivity contribution < 1.29 is 19.4 Å². The van der Waals surface area contributed by atoms with Crippen molar-refractivity contribution in [2.24, 2.45) is 5.10 Å². The molecule has 0 atom stereocenters. The van der Waals surface area contributed by atoms with Gasteiger partial charge in [0, 0.05) is 0 Å². The number of nitrogens with zero attached hydrogens (tertiary/aromatic N) is 1. The highest BCUT2D eigenvalue weighted by molar-refractivity contribution is 6.35. The largest absolute Gasteiger partial charge is 0.478 e. The van der Waals surface area contributed by atoms with E-state index < -0.39 is 11.9 Å². The van der Waals surface area contributed by atoms with Gasteiger partial charge in [0.25, 0.3) is 0 Å². The molecule has 18 heavy (non-hydrogen) atoms. The van der Waals surface area contributed by atoms with E-state index in [0.717, 1.165) is 0 Å². The highest BCUT2D eigenvalue weighted by Crippen LogP contribution is 2.09. The predicted molar refractivity (Wildman–Crippen MR) is 66.8 cm³/mol. The number of hydrogen-bond donors (Lipinski definition) is 2. The summed E-state index contributed by atoms with van der Waals surface area (Å²) in [6.45, 7) is 3.53. The highest BCUT2D eigenvalue weighted by Gasteiger charge is 2.06. The first kappa shape index (κ1) is 13.7. The van der Waals surface area contributed by atoms with Crippen LogP contribution in [0.4, 0.5) is 5.69 Å². The summed E-state index contributed by atoms with van der Waals surface area (Å²) in [6, 6.07) is 6.01. The lowest BCUT2D eigenvalue weighted by molar-refractivity contribution is -0.135. The molecule has 1 aromatic carbocycles. The maximum absolute atomic E-state index is 11.2. The molecule has 0 aliphatic heterocycles. The number of esters is 1. The van der Waals surface area contributed by atoms with Gasteiger partial charge in [-0.1, -0.05) is 0 Å². The summed E-state index contributed by atoms with van der Waals surface area (Å²) in [7, 11) is 0. The van der Waals surface area contributed by atoms with Crippen LogP contribution in [0.25, 0.3) is 0 Å². The Hall–Kier alpha value is -2.37. The number of carbonyl (C=O) groups excluding carboxylic acids is 1. The van der Waals surface area contributed by atoms with Crippen LogP contribution >= 0.6 is 0 Å². The molecule has 6 nitrogen and oxygen atoms in total. The SMILES string of the molecule is CCOC(=O)C(C)=NNc1ccc(C(=O)O)cc1. The van der Waals surface area contributed by atoms with E-state index in [0.29, 0.717) is 12.3 Å². The van der Waals surface area contributed by atoms with Crippen LogP contribution in [0.2, 0.25) is 0 Å². The van der Waals surface area contributed by atoms with E-state index in [1.165, 1.54) is 19.1 Å². The molecule has 0 heterocycles. The third-order valence-electron chi connectivity index (χ3n) is 2.06. The molecule has 1 aromatic rings. The van der Waals surface area contributed by atoms with Crippen molar-refractivity contribution in [3.63, 3.8) is 0 Å². The zero-order chi connectivity index (χ0) is 13.5. The first-order chi connectivity index (χ1) is 8.54. The predicted octanol–water partition coefficient (Wildman–Crippen LogP) is 1.74. The van der Waals surface area contributed by atoms with Gasteiger partial charge in [-0.3, -0.25) is 5.43 Å². The number of carboxylic acid groups (broad SMARTS) is 1. The van der Waals surface area contributed by atoms with Crippen LogP contribution < -0.4 is 5.43 Å². The van der Waals surface area contributed by atoms with Crippen molar-refractivity contribution in [3.05, 3.63) is 29.8 Å². The van der Waals surface area contributed by atoms with Gasteiger partial charge in [0.05, 0.1) is 17.9 Å². The normalized spacial score (nSPS) is 10.9. The lowest BCUT2D eigenvalue weighted by Crippen LogP contribution is -2.15. The van der Waals surface area contributed by atoms with Crippen LogP contribution in [0.5, 0.6) is 0 Å². The monoisotopic (exact) mass is 250 g/mol. The second kappa shape index (κ2) is 6.39. The number of nitrogens with one attached hydrogen (secondary N) is 1. The molecule has 0 saturated carbocycles. The van der Waals surface area contributed by atoms with Crippen LogP contribution in [-0.4, -0.2) is 29.4 Å². The van der Waals surface area contributed by atoms with E-state index in [4.69, 9.17) is 9.84 Å². The molecular weight excluding hydrogens is 236 g/mol. The molecule has 0 aromatic heterocycles. The van der Waals surface area contributed by atoms with Gasteiger partial charge >= 0.3 is 11.9 Å². The molecule has 0 radical (unpaired) electrons. The molecular formula is C12H14N2O4. The summed E-state index contributed by atoms with van der Waals surface area (Å²) in [6.07, 6.45) is 0. The minimum Gasteiger partial charge on any atom is -0.478 e. The number of carbonyl (C=O) groups is 2. The average molecular weight is 250 g/mol. The van der Waals surface area contributed by atoms with Gasteiger partial charge < -0.3 is 9.84 Å². The molecule has 0 spiro atoms. The Morgan fingerprint density at radius 3 is 2.44 bits per heavy atom. The molecule has 1 rings (SSSR count). The first-order valence-electron chi connectivity index (χ1n) is 5.35. The lowest BCUT2D eigenvalue weighted by Gasteiger charge is -2.03. The van der Waals surface area contributed by atoms with Crippen molar-refractivity contribution in [1.29, 1.82) is 0 Å². The Morgan fingerprint density at radius 2 is 1.94 bits per heavy atom. The van der Waals surface area contributed by atoms with Crippen molar-refractivity contribution in [2.45, 2.75) is 13.8 Å². The fourth-order valence-electron chi connectivity index (χ4n) is 1.12. The standard InChI is InChI=1S/C12H14N2O4/c1-3-18-12(17)8(2)13-14-10-6-4-9(5-7-10)11(15)16/h4-7,14H,3H2,1-2H3,(H,15,16). The summed E-state index contributed by atoms with van der Waals surface area (Å²) in [5.41, 5.74) is 3.61. The van der Waals surface area contributed by atoms with Crippen LogP contribution in [0.3, 0.4) is 0 Å². The summed E-state index contributed by atoms with van der Waals surface area (Å²) in [5, 5.41) is 12.5. The molecule has 0 saturated heterocycles. The number of aromatic carboxylic acids is 1. The second-order valence-electron chi connectivity index (χ2n) is 3.41. The topological polar surface area (TPSA) is 88.0 Å². The summed E-state index contributed by atoms with van der Waals surface area (Å²) < 4.78 is 4.76. The first-order valence-corrected chi connectivity index (χ1v) is 5.35. The number of hydrogen-bond acceptors (Lipinski definition) is 5. The molecule has 2 N–H and O–H groups in total. The fraction of sp³-hybridized carbons (Fsp3) is 0.250. The van der Waals surface area contributed by atoms with E-state index in [1.807, 2.05) is 0 Å². The lowest BCUT2D eigenvalue weighted by atomic mass is 10.2. The molecule has 0 aliphatic carbocycles. The number of ether oxygens (including phenoxy) is 1. The average Bonchev–Trinajstić information content (AvgIpc) is 2.36. The van der Waals surface area contributed by atoms with Crippen LogP contribution in [0.15, 0.2) is 29.4 Å². The molecule has 0 fully saturated rings. The summed E-state index contributed by atoms with van der Waals surface area (Å²) in [5.74, 6) is -1.49. The van der Waals surface area contributed by atoms with Gasteiger partial charge in [0.1, 0.15) is 5.71 Å².